The number of carbonyl (C=O) groups is 3. The molecule has 0 atom stereocenters. The van der Waals surface area contributed by atoms with Crippen molar-refractivity contribution in [2.45, 2.75) is 6.92 Å². The van der Waals surface area contributed by atoms with Crippen LogP contribution in [0.1, 0.15) is 12.5 Å². The number of hydrazone groups is 1. The van der Waals surface area contributed by atoms with Gasteiger partial charge < -0.3 is 15.4 Å². The summed E-state index contributed by atoms with van der Waals surface area (Å²) in [4.78, 5) is 34.7. The molecule has 0 saturated carbocycles. The second kappa shape index (κ2) is 10.8. The minimum atomic E-state index is -0.852. The number of nitrogens with zero attached hydrogens (tertiary/aromatic N) is 1. The van der Waals surface area contributed by atoms with Gasteiger partial charge in [0.2, 0.25) is 0 Å². The van der Waals surface area contributed by atoms with Crippen molar-refractivity contribution >= 4 is 45.6 Å². The van der Waals surface area contributed by atoms with Gasteiger partial charge in [-0.15, -0.1) is 0 Å². The molecule has 0 bridgehead atoms. The molecular formula is C19H19BrN4O4. The Morgan fingerprint density at radius 3 is 2.57 bits per heavy atom. The molecule has 3 N–H and O–H groups in total. The van der Waals surface area contributed by atoms with Crippen LogP contribution < -0.4 is 20.8 Å². The van der Waals surface area contributed by atoms with Gasteiger partial charge in [-0.25, -0.2) is 5.43 Å². The van der Waals surface area contributed by atoms with Crippen molar-refractivity contribution in [1.82, 2.24) is 10.7 Å². The van der Waals surface area contributed by atoms with Gasteiger partial charge >= 0.3 is 11.8 Å². The van der Waals surface area contributed by atoms with Crippen LogP contribution >= 0.6 is 15.9 Å². The largest absolute Gasteiger partial charge is 0.484 e. The van der Waals surface area contributed by atoms with Gasteiger partial charge in [-0.05, 0) is 48.9 Å². The lowest BCUT2D eigenvalue weighted by Crippen LogP contribution is -2.37. The summed E-state index contributed by atoms with van der Waals surface area (Å²) in [6.45, 7) is 1.90. The number of carbonyl (C=O) groups excluding carboxylic acids is 3. The van der Waals surface area contributed by atoms with Crippen LogP contribution in [0.4, 0.5) is 5.69 Å². The molecule has 28 heavy (non-hydrogen) atoms. The first-order valence-electron chi connectivity index (χ1n) is 8.37. The molecule has 0 heterocycles. The van der Waals surface area contributed by atoms with Gasteiger partial charge in [-0.2, -0.15) is 5.10 Å². The van der Waals surface area contributed by atoms with E-state index < -0.39 is 11.8 Å². The summed E-state index contributed by atoms with van der Waals surface area (Å²) < 4.78 is 6.39. The Labute approximate surface area is 170 Å². The van der Waals surface area contributed by atoms with E-state index in [0.717, 1.165) is 4.47 Å². The third-order valence-electron chi connectivity index (χ3n) is 3.28. The summed E-state index contributed by atoms with van der Waals surface area (Å²) in [5.74, 6) is -1.44. The standard InChI is InChI=1S/C19H19BrN4O4/c1-2-21-18(26)19(27)24-22-11-13-4-3-5-16(10-13)28-12-17(25)23-15-8-6-14(20)7-9-15/h3-11H,2,12H2,1H3,(H,21,26)(H,23,25)(H,24,27)/b22-11-. The summed E-state index contributed by atoms with van der Waals surface area (Å²) in [5, 5.41) is 8.81. The number of hydrogen-bond donors (Lipinski definition) is 3. The molecule has 8 nitrogen and oxygen atoms in total. The minimum Gasteiger partial charge on any atom is -0.484 e. The summed E-state index contributed by atoms with van der Waals surface area (Å²) in [7, 11) is 0. The number of benzene rings is 2. The van der Waals surface area contributed by atoms with Gasteiger partial charge in [-0.1, -0.05) is 28.1 Å². The van der Waals surface area contributed by atoms with Crippen molar-refractivity contribution in [3.63, 3.8) is 0 Å². The van der Waals surface area contributed by atoms with E-state index in [1.807, 2.05) is 12.1 Å². The second-order valence-electron chi connectivity index (χ2n) is 5.47. The Balaban J connectivity index is 1.84. The monoisotopic (exact) mass is 446 g/mol. The smallest absolute Gasteiger partial charge is 0.329 e. The zero-order valence-electron chi connectivity index (χ0n) is 15.1. The topological polar surface area (TPSA) is 109 Å². The third-order valence-corrected chi connectivity index (χ3v) is 3.81. The van der Waals surface area contributed by atoms with E-state index in [0.29, 0.717) is 23.5 Å². The average Bonchev–Trinajstić information content (AvgIpc) is 2.68. The average molecular weight is 447 g/mol. The summed E-state index contributed by atoms with van der Waals surface area (Å²) in [6.07, 6.45) is 1.37. The highest BCUT2D eigenvalue weighted by molar-refractivity contribution is 9.10. The number of anilines is 1. The third kappa shape index (κ3) is 7.20. The van der Waals surface area contributed by atoms with E-state index in [-0.39, 0.29) is 12.5 Å². The Morgan fingerprint density at radius 1 is 1.11 bits per heavy atom. The van der Waals surface area contributed by atoms with Crippen LogP contribution in [0.2, 0.25) is 0 Å². The van der Waals surface area contributed by atoms with Crippen LogP contribution in [0.3, 0.4) is 0 Å². The Kier molecular flexibility index (Phi) is 8.16. The summed E-state index contributed by atoms with van der Waals surface area (Å²) in [5.41, 5.74) is 3.42. The molecule has 0 aliphatic rings. The van der Waals surface area contributed by atoms with Gasteiger partial charge in [0.1, 0.15) is 5.75 Å². The lowest BCUT2D eigenvalue weighted by atomic mass is 10.2. The second-order valence-corrected chi connectivity index (χ2v) is 6.39. The fourth-order valence-corrected chi connectivity index (χ4v) is 2.29. The van der Waals surface area contributed by atoms with Crippen LogP contribution in [-0.4, -0.2) is 37.1 Å². The maximum absolute atomic E-state index is 12.0. The van der Waals surface area contributed by atoms with Gasteiger partial charge in [0.05, 0.1) is 6.21 Å². The fourth-order valence-electron chi connectivity index (χ4n) is 2.02. The van der Waals surface area contributed by atoms with E-state index in [4.69, 9.17) is 4.74 Å². The van der Waals surface area contributed by atoms with Gasteiger partial charge in [0, 0.05) is 16.7 Å². The number of ether oxygens (including phenoxy) is 1. The normalized spacial score (nSPS) is 10.4. The van der Waals surface area contributed by atoms with Gasteiger partial charge in [0.25, 0.3) is 5.91 Å². The van der Waals surface area contributed by atoms with Crippen molar-refractivity contribution in [1.29, 1.82) is 0 Å². The molecule has 2 aromatic rings. The van der Waals surface area contributed by atoms with Gasteiger partial charge in [0.15, 0.2) is 6.61 Å². The molecule has 0 unspecified atom stereocenters. The molecule has 0 saturated heterocycles. The Hall–Kier alpha value is -3.20. The summed E-state index contributed by atoms with van der Waals surface area (Å²) >= 11 is 3.33. The van der Waals surface area contributed by atoms with E-state index in [1.54, 1.807) is 43.3 Å². The van der Waals surface area contributed by atoms with Crippen LogP contribution in [-0.2, 0) is 14.4 Å². The Morgan fingerprint density at radius 2 is 1.86 bits per heavy atom. The molecule has 3 amide bonds. The molecule has 2 rings (SSSR count). The molecule has 0 aliphatic carbocycles. The lowest BCUT2D eigenvalue weighted by Gasteiger charge is -2.08. The van der Waals surface area contributed by atoms with E-state index >= 15 is 0 Å². The number of nitrogens with one attached hydrogen (secondary N) is 3. The minimum absolute atomic E-state index is 0.162. The first-order valence-corrected chi connectivity index (χ1v) is 9.16. The van der Waals surface area contributed by atoms with Crippen molar-refractivity contribution in [2.75, 3.05) is 18.5 Å². The number of halogens is 1. The molecule has 146 valence electrons. The predicted octanol–water partition coefficient (Wildman–Crippen LogP) is 2.05. The highest BCUT2D eigenvalue weighted by Crippen LogP contribution is 2.15. The number of hydrogen-bond acceptors (Lipinski definition) is 5. The van der Waals surface area contributed by atoms with Crippen molar-refractivity contribution in [2.24, 2.45) is 5.10 Å². The van der Waals surface area contributed by atoms with Crippen molar-refractivity contribution in [3.05, 3.63) is 58.6 Å². The van der Waals surface area contributed by atoms with Gasteiger partial charge in [-0.3, -0.25) is 14.4 Å². The molecule has 2 aromatic carbocycles. The van der Waals surface area contributed by atoms with Crippen LogP contribution in [0.25, 0.3) is 0 Å². The van der Waals surface area contributed by atoms with Crippen molar-refractivity contribution < 1.29 is 19.1 Å². The zero-order valence-corrected chi connectivity index (χ0v) is 16.7. The fraction of sp³-hybridized carbons (Fsp3) is 0.158. The highest BCUT2D eigenvalue weighted by Gasteiger charge is 2.10. The van der Waals surface area contributed by atoms with E-state index in [1.165, 1.54) is 6.21 Å². The lowest BCUT2D eigenvalue weighted by molar-refractivity contribution is -0.139. The highest BCUT2D eigenvalue weighted by atomic mass is 79.9. The molecular weight excluding hydrogens is 428 g/mol. The van der Waals surface area contributed by atoms with Crippen LogP contribution in [0.15, 0.2) is 58.1 Å². The van der Waals surface area contributed by atoms with E-state index in [2.05, 4.69) is 37.1 Å². The van der Waals surface area contributed by atoms with E-state index in [9.17, 15) is 14.4 Å². The number of rotatable bonds is 7. The SMILES string of the molecule is CCNC(=O)C(=O)N/N=C\c1cccc(OCC(=O)Nc2ccc(Br)cc2)c1. The first-order chi connectivity index (χ1) is 13.5. The maximum Gasteiger partial charge on any atom is 0.329 e. The first kappa shape index (κ1) is 21.1. The predicted molar refractivity (Wildman–Crippen MR) is 109 cm³/mol. The molecule has 0 aromatic heterocycles. The number of likely N-dealkylation sites (N-methyl/N-ethyl adjacent to an activating group) is 1. The van der Waals surface area contributed by atoms with Crippen LogP contribution in [0, 0.1) is 0 Å². The quantitative estimate of drug-likeness (QED) is 0.343. The molecule has 9 heteroatoms. The number of amides is 3. The molecule has 0 spiro atoms. The zero-order chi connectivity index (χ0) is 20.4. The Bertz CT molecular complexity index is 868. The molecule has 0 radical (unpaired) electrons. The van der Waals surface area contributed by atoms with Crippen molar-refractivity contribution in [3.8, 4) is 5.75 Å². The maximum atomic E-state index is 12.0. The molecule has 0 aliphatic heterocycles. The summed E-state index contributed by atoms with van der Waals surface area (Å²) in [6, 6.07) is 14.0. The van der Waals surface area contributed by atoms with Crippen LogP contribution in [0.5, 0.6) is 5.75 Å². The molecule has 0 fully saturated rings.